The zero-order valence-corrected chi connectivity index (χ0v) is 10.8. The summed E-state index contributed by atoms with van der Waals surface area (Å²) < 4.78 is 0. The number of rotatable bonds is 2. The lowest BCUT2D eigenvalue weighted by molar-refractivity contribution is 1.28. The summed E-state index contributed by atoms with van der Waals surface area (Å²) in [5, 5.41) is 1.08. The summed E-state index contributed by atoms with van der Waals surface area (Å²) >= 11 is 1.73. The summed E-state index contributed by atoms with van der Waals surface area (Å²) in [6.45, 7) is 2.04. The van der Waals surface area contributed by atoms with Gasteiger partial charge in [0, 0.05) is 18.0 Å². The number of hydrogen-bond acceptors (Lipinski definition) is 3. The number of pyridine rings is 1. The van der Waals surface area contributed by atoms with Crippen LogP contribution in [0.3, 0.4) is 0 Å². The second-order valence-corrected chi connectivity index (χ2v) is 5.22. The van der Waals surface area contributed by atoms with Crippen molar-refractivity contribution in [3.63, 3.8) is 0 Å². The first kappa shape index (κ1) is 11.1. The second-order valence-electron chi connectivity index (χ2n) is 4.01. The summed E-state index contributed by atoms with van der Waals surface area (Å²) in [6.07, 6.45) is 3.61. The van der Waals surface area contributed by atoms with Gasteiger partial charge in [-0.3, -0.25) is 4.98 Å². The van der Waals surface area contributed by atoms with Gasteiger partial charge in [0.1, 0.15) is 0 Å². The highest BCUT2D eigenvalue weighted by atomic mass is 32.1. The van der Waals surface area contributed by atoms with Gasteiger partial charge in [-0.15, -0.1) is 11.3 Å². The fourth-order valence-corrected chi connectivity index (χ4v) is 2.86. The van der Waals surface area contributed by atoms with E-state index in [2.05, 4.69) is 34.2 Å². The predicted octanol–water partition coefficient (Wildman–Crippen LogP) is 4.18. The Morgan fingerprint density at radius 3 is 2.33 bits per heavy atom. The van der Waals surface area contributed by atoms with Crippen LogP contribution in [0, 0.1) is 6.92 Å². The topological polar surface area (TPSA) is 25.8 Å². The SMILES string of the molecule is Cc1nc(-c2ccncc2)c(-c2ccccc2)s1. The Kier molecular flexibility index (Phi) is 2.90. The fourth-order valence-electron chi connectivity index (χ4n) is 1.92. The van der Waals surface area contributed by atoms with Crippen molar-refractivity contribution in [1.82, 2.24) is 9.97 Å². The van der Waals surface area contributed by atoms with E-state index in [0.717, 1.165) is 16.3 Å². The van der Waals surface area contributed by atoms with Crippen molar-refractivity contribution >= 4 is 11.3 Å². The summed E-state index contributed by atoms with van der Waals surface area (Å²) in [6, 6.07) is 14.4. The van der Waals surface area contributed by atoms with E-state index < -0.39 is 0 Å². The second kappa shape index (κ2) is 4.70. The molecule has 0 aliphatic carbocycles. The van der Waals surface area contributed by atoms with E-state index in [9.17, 15) is 0 Å². The van der Waals surface area contributed by atoms with Crippen LogP contribution in [-0.2, 0) is 0 Å². The van der Waals surface area contributed by atoms with Crippen LogP contribution in [0.2, 0.25) is 0 Å². The van der Waals surface area contributed by atoms with Crippen LogP contribution in [0.25, 0.3) is 21.7 Å². The maximum Gasteiger partial charge on any atom is 0.0908 e. The van der Waals surface area contributed by atoms with Crippen molar-refractivity contribution in [2.75, 3.05) is 0 Å². The Morgan fingerprint density at radius 2 is 1.61 bits per heavy atom. The van der Waals surface area contributed by atoms with Crippen LogP contribution in [-0.4, -0.2) is 9.97 Å². The van der Waals surface area contributed by atoms with Crippen LogP contribution >= 0.6 is 11.3 Å². The van der Waals surface area contributed by atoms with Crippen LogP contribution in [0.5, 0.6) is 0 Å². The molecular formula is C15H12N2S. The van der Waals surface area contributed by atoms with Gasteiger partial charge in [-0.05, 0) is 24.6 Å². The van der Waals surface area contributed by atoms with Crippen molar-refractivity contribution in [2.45, 2.75) is 6.92 Å². The minimum absolute atomic E-state index is 1.05. The summed E-state index contributed by atoms with van der Waals surface area (Å²) in [5.41, 5.74) is 3.38. The van der Waals surface area contributed by atoms with Crippen molar-refractivity contribution in [3.05, 3.63) is 59.9 Å². The van der Waals surface area contributed by atoms with E-state index in [-0.39, 0.29) is 0 Å². The average Bonchev–Trinajstić information content (AvgIpc) is 2.83. The number of aryl methyl sites for hydroxylation is 1. The third-order valence-corrected chi connectivity index (χ3v) is 3.74. The Hall–Kier alpha value is -2.00. The third kappa shape index (κ3) is 2.05. The number of hydrogen-bond donors (Lipinski definition) is 0. The molecule has 2 nitrogen and oxygen atoms in total. The molecule has 3 aromatic rings. The van der Waals surface area contributed by atoms with Crippen LogP contribution < -0.4 is 0 Å². The van der Waals surface area contributed by atoms with Crippen molar-refractivity contribution in [3.8, 4) is 21.7 Å². The molecule has 0 fully saturated rings. The Balaban J connectivity index is 2.17. The molecule has 0 saturated carbocycles. The molecule has 18 heavy (non-hydrogen) atoms. The molecule has 0 atom stereocenters. The first-order valence-electron chi connectivity index (χ1n) is 5.78. The zero-order valence-electron chi connectivity index (χ0n) is 10.00. The average molecular weight is 252 g/mol. The van der Waals surface area contributed by atoms with Crippen LogP contribution in [0.15, 0.2) is 54.9 Å². The van der Waals surface area contributed by atoms with E-state index in [0.29, 0.717) is 0 Å². The Bertz CT molecular complexity index is 588. The number of nitrogens with zero attached hydrogens (tertiary/aromatic N) is 2. The van der Waals surface area contributed by atoms with E-state index in [1.165, 1.54) is 10.4 Å². The zero-order chi connectivity index (χ0) is 12.4. The fraction of sp³-hybridized carbons (Fsp3) is 0.0667. The van der Waals surface area contributed by atoms with Crippen molar-refractivity contribution < 1.29 is 0 Å². The molecule has 0 radical (unpaired) electrons. The molecule has 3 heteroatoms. The highest BCUT2D eigenvalue weighted by molar-refractivity contribution is 7.15. The molecule has 2 aromatic heterocycles. The molecule has 0 amide bonds. The van der Waals surface area contributed by atoms with Crippen molar-refractivity contribution in [2.24, 2.45) is 0 Å². The lowest BCUT2D eigenvalue weighted by atomic mass is 10.1. The quantitative estimate of drug-likeness (QED) is 0.683. The molecule has 1 aromatic carbocycles. The maximum atomic E-state index is 4.65. The summed E-state index contributed by atoms with van der Waals surface area (Å²) in [7, 11) is 0. The molecule has 0 unspecified atom stereocenters. The highest BCUT2D eigenvalue weighted by Gasteiger charge is 2.12. The van der Waals surface area contributed by atoms with E-state index in [1.807, 2.05) is 25.1 Å². The first-order chi connectivity index (χ1) is 8.84. The molecule has 88 valence electrons. The van der Waals surface area contributed by atoms with Gasteiger partial charge in [0.05, 0.1) is 15.6 Å². The first-order valence-corrected chi connectivity index (χ1v) is 6.59. The van der Waals surface area contributed by atoms with Gasteiger partial charge in [-0.25, -0.2) is 4.98 Å². The molecule has 0 spiro atoms. The summed E-state index contributed by atoms with van der Waals surface area (Å²) in [4.78, 5) is 9.93. The number of benzene rings is 1. The van der Waals surface area contributed by atoms with Crippen LogP contribution in [0.4, 0.5) is 0 Å². The largest absolute Gasteiger partial charge is 0.265 e. The van der Waals surface area contributed by atoms with Gasteiger partial charge in [0.15, 0.2) is 0 Å². The van der Waals surface area contributed by atoms with E-state index in [1.54, 1.807) is 23.7 Å². The van der Waals surface area contributed by atoms with Gasteiger partial charge in [0.25, 0.3) is 0 Å². The molecule has 3 rings (SSSR count). The molecule has 0 N–H and O–H groups in total. The minimum atomic E-state index is 1.05. The standard InChI is InChI=1S/C15H12N2S/c1-11-17-14(12-7-9-16-10-8-12)15(18-11)13-5-3-2-4-6-13/h2-10H,1H3. The monoisotopic (exact) mass is 252 g/mol. The normalized spacial score (nSPS) is 10.5. The lowest BCUT2D eigenvalue weighted by Crippen LogP contribution is -1.82. The van der Waals surface area contributed by atoms with Gasteiger partial charge >= 0.3 is 0 Å². The van der Waals surface area contributed by atoms with Crippen molar-refractivity contribution in [1.29, 1.82) is 0 Å². The van der Waals surface area contributed by atoms with E-state index in [4.69, 9.17) is 0 Å². The molecule has 0 bridgehead atoms. The highest BCUT2D eigenvalue weighted by Crippen LogP contribution is 2.36. The Morgan fingerprint density at radius 1 is 0.889 bits per heavy atom. The molecular weight excluding hydrogens is 240 g/mol. The smallest absolute Gasteiger partial charge is 0.0908 e. The number of aromatic nitrogens is 2. The van der Waals surface area contributed by atoms with E-state index >= 15 is 0 Å². The third-order valence-electron chi connectivity index (χ3n) is 2.72. The minimum Gasteiger partial charge on any atom is -0.265 e. The van der Waals surface area contributed by atoms with Gasteiger partial charge < -0.3 is 0 Å². The maximum absolute atomic E-state index is 4.65. The van der Waals surface area contributed by atoms with Gasteiger partial charge in [-0.2, -0.15) is 0 Å². The molecule has 0 saturated heterocycles. The molecule has 0 aliphatic heterocycles. The molecule has 0 aliphatic rings. The van der Waals surface area contributed by atoms with Crippen LogP contribution in [0.1, 0.15) is 5.01 Å². The van der Waals surface area contributed by atoms with Gasteiger partial charge in [0.2, 0.25) is 0 Å². The summed E-state index contributed by atoms with van der Waals surface area (Å²) in [5.74, 6) is 0. The Labute approximate surface area is 110 Å². The lowest BCUT2D eigenvalue weighted by Gasteiger charge is -2.02. The predicted molar refractivity (Wildman–Crippen MR) is 75.5 cm³/mol. The van der Waals surface area contributed by atoms with Gasteiger partial charge in [-0.1, -0.05) is 30.3 Å². The number of thiazole rings is 1. The molecule has 2 heterocycles.